The van der Waals surface area contributed by atoms with Gasteiger partial charge in [0.25, 0.3) is 0 Å². The molecule has 4 fully saturated rings. The number of aryl methyl sites for hydroxylation is 2. The normalized spacial score (nSPS) is 17.3. The van der Waals surface area contributed by atoms with Gasteiger partial charge in [0.1, 0.15) is 63.3 Å². The summed E-state index contributed by atoms with van der Waals surface area (Å²) in [6, 6.07) is 29.3. The van der Waals surface area contributed by atoms with Crippen LogP contribution in [0.2, 0.25) is 0 Å². The quantitative estimate of drug-likeness (QED) is 0.0620. The molecule has 0 radical (unpaired) electrons. The number of hydrogen-bond donors (Lipinski definition) is 3. The number of halogens is 22. The van der Waals surface area contributed by atoms with Crippen molar-refractivity contribution in [2.24, 2.45) is 0 Å². The number of carbonyl (C=O) groups is 1. The molecule has 0 unspecified atom stereocenters. The fraction of sp³-hybridized carbons (Fsp3) is 0.432. The molecule has 3 N–H and O–H groups in total. The number of ketones is 1. The maximum absolute atomic E-state index is 11.8. The standard InChI is InChI=1S/C12H16O2S.C12H15OS.2C10H12OS.AsF5.BF3.F6P.8FH.Sb/c1-9-7-11(8-10(2)12(9)13)15-5-3-14-4-6-15;13-12(10-14-8-4-5-9-14)11-6-2-1-3-7-11;2*11-9-3-5-10(6-4-9)12-7-1-2-8-12;2-1(3,4,5)6;2-1(3)4;1-7(2,3,4,5)6;;;;;;;;;/h7-8H,3-6H2,1-2H3;1-3,6-7H,4-5,8-10H2;2*3-6H,1-2,7-8H2;;;;8*1H;/q;+1;;;;;-1;;;;;;;;;+5/p-5. The summed E-state index contributed by atoms with van der Waals surface area (Å²) in [5, 5.41) is 27.9. The first-order chi connectivity index (χ1) is 34.4. The Labute approximate surface area is 462 Å². The number of Topliss-reactive ketones (excluding diaryl/α,β-unsaturated/α-hetero) is 1. The first-order valence-corrected chi connectivity index (χ1v) is 39.2. The van der Waals surface area contributed by atoms with Crippen molar-refractivity contribution >= 4 is 99.8 Å². The van der Waals surface area contributed by atoms with Crippen molar-refractivity contribution in [3.05, 3.63) is 108 Å². The van der Waals surface area contributed by atoms with E-state index in [1.165, 1.54) is 87.7 Å². The second-order valence-corrected chi connectivity index (χ2v) is 33.7. The molecule has 4 aromatic rings. The van der Waals surface area contributed by atoms with Gasteiger partial charge in [-0.3, -0.25) is 17.7 Å². The number of phenols is 3. The van der Waals surface area contributed by atoms with Crippen molar-refractivity contribution in [2.75, 3.05) is 65.0 Å². The zero-order chi connectivity index (χ0) is 58.3. The van der Waals surface area contributed by atoms with E-state index in [9.17, 15) is 79.4 Å². The number of aromatic hydroxyl groups is 3. The van der Waals surface area contributed by atoms with E-state index < -0.39 is 50.5 Å². The summed E-state index contributed by atoms with van der Waals surface area (Å²) >= 11 is -18.2. The predicted molar refractivity (Wildman–Crippen MR) is 276 cm³/mol. The predicted octanol–water partition coefficient (Wildman–Crippen LogP) is 7.34. The molecular formula is C44H58AsBF22O5PS4Sb. The molecule has 0 aromatic heterocycles. The molecule has 0 saturated carbocycles. The van der Waals surface area contributed by atoms with Crippen LogP contribution in [0.4, 0.5) is 69.5 Å². The summed E-state index contributed by atoms with van der Waals surface area (Å²) in [6.07, 6.45) is 8.16. The molecule has 0 spiro atoms. The zero-order valence-corrected chi connectivity index (χ0v) is 50.3. The monoisotopic (exact) mass is 1450 g/mol. The average molecular weight is 1450 g/mol. The van der Waals surface area contributed by atoms with Crippen LogP contribution in [0, 0.1) is 13.8 Å². The summed E-state index contributed by atoms with van der Waals surface area (Å²) in [7, 11) is -12.6. The van der Waals surface area contributed by atoms with E-state index >= 15 is 0 Å². The van der Waals surface area contributed by atoms with Gasteiger partial charge in [0, 0.05) is 38.2 Å². The third kappa shape index (κ3) is 49.9. The second-order valence-electron chi connectivity index (χ2n) is 16.3. The van der Waals surface area contributed by atoms with E-state index in [0.717, 1.165) is 47.2 Å². The first-order valence-electron chi connectivity index (χ1n) is 22.3. The number of benzene rings is 4. The Hall–Kier alpha value is -2.36. The number of phenolic OH excluding ortho intramolecular Hbond substituents is 3. The van der Waals surface area contributed by atoms with Crippen LogP contribution in [-0.4, -0.2) is 129 Å². The number of rotatable bonds is 6. The van der Waals surface area contributed by atoms with Gasteiger partial charge in [0.05, 0.1) is 13.2 Å². The Morgan fingerprint density at radius 3 is 1.13 bits per heavy atom. The van der Waals surface area contributed by atoms with Gasteiger partial charge < -0.3 is 34.2 Å². The SMILES string of the molecule is Cc1cc([S+]2CCOCC2)cc(C)c1O.FB(F)F.F[As](F)(F)(F)F.F[P-](F)(F)(F)(F)F.O=C(C[S+]1CCCC1)c1ccccc1.Oc1ccc([S+]2CCCC2)cc1.Oc1ccc([S+]2CCCC2)cc1.[F-].[F-].[F-].[F][Sb]([F])([F])([F])[F]. The molecule has 0 aliphatic carbocycles. The molecule has 4 aromatic carbocycles. The molecule has 4 heterocycles. The molecule has 35 heteroatoms. The van der Waals surface area contributed by atoms with Crippen molar-refractivity contribution in [3.8, 4) is 17.2 Å². The Kier molecular flexibility index (Phi) is 35.2. The zero-order valence-electron chi connectivity index (χ0n) is 41.7. The second kappa shape index (κ2) is 34.4. The first kappa shape index (κ1) is 80.9. The van der Waals surface area contributed by atoms with Gasteiger partial charge in [0.2, 0.25) is 5.78 Å². The number of carbonyl (C=O) groups excluding carboxylic acids is 1. The average Bonchev–Trinajstić information content (AvgIpc) is 4.11. The van der Waals surface area contributed by atoms with Crippen LogP contribution in [0.1, 0.15) is 60.0 Å². The summed E-state index contributed by atoms with van der Waals surface area (Å²) in [5.41, 5.74) is 2.86. The molecule has 4 saturated heterocycles. The third-order valence-electron chi connectivity index (χ3n) is 9.70. The molecule has 0 atom stereocenters. The summed E-state index contributed by atoms with van der Waals surface area (Å²) in [5.74, 6) is 12.5. The van der Waals surface area contributed by atoms with Crippen molar-refractivity contribution in [3.63, 3.8) is 0 Å². The van der Waals surface area contributed by atoms with Gasteiger partial charge in [-0.2, -0.15) is 0 Å². The van der Waals surface area contributed by atoms with Crippen molar-refractivity contribution in [2.45, 2.75) is 67.1 Å². The molecule has 0 amide bonds. The minimum atomic E-state index is -10.7. The third-order valence-corrected chi connectivity index (χ3v) is 19.3. The van der Waals surface area contributed by atoms with Gasteiger partial charge in [-0.05, 0) is 135 Å². The molecule has 4 aliphatic heterocycles. The number of ether oxygens (including phenoxy) is 1. The van der Waals surface area contributed by atoms with Crippen LogP contribution in [0.25, 0.3) is 0 Å². The van der Waals surface area contributed by atoms with Gasteiger partial charge in [-0.15, -0.1) is 0 Å². The van der Waals surface area contributed by atoms with E-state index in [1.807, 2.05) is 44.2 Å². The van der Waals surface area contributed by atoms with Crippen molar-refractivity contribution in [1.82, 2.24) is 0 Å². The Bertz CT molecular complexity index is 2180. The van der Waals surface area contributed by atoms with E-state index in [-0.39, 0.29) is 14.1 Å². The Morgan fingerprint density at radius 1 is 0.544 bits per heavy atom. The van der Waals surface area contributed by atoms with E-state index in [0.29, 0.717) is 66.6 Å². The van der Waals surface area contributed by atoms with Crippen LogP contribution in [0.5, 0.6) is 17.2 Å². The van der Waals surface area contributed by atoms with Crippen LogP contribution >= 0.6 is 7.81 Å². The van der Waals surface area contributed by atoms with Crippen molar-refractivity contribution in [1.29, 1.82) is 0 Å². The molecular weight excluding hydrogens is 1390 g/mol. The molecule has 460 valence electrons. The van der Waals surface area contributed by atoms with Crippen LogP contribution in [0.15, 0.2) is 106 Å². The van der Waals surface area contributed by atoms with Crippen LogP contribution < -0.4 is 14.1 Å². The topological polar surface area (TPSA) is 87.0 Å². The molecule has 5 nitrogen and oxygen atoms in total. The number of hydrogen-bond acceptors (Lipinski definition) is 5. The Balaban J connectivity index is -0.000000858. The van der Waals surface area contributed by atoms with Crippen LogP contribution in [0.3, 0.4) is 0 Å². The fourth-order valence-electron chi connectivity index (χ4n) is 6.65. The molecule has 79 heavy (non-hydrogen) atoms. The maximum atomic E-state index is 11.8. The van der Waals surface area contributed by atoms with E-state index in [1.54, 1.807) is 24.3 Å². The molecule has 4 aliphatic rings. The van der Waals surface area contributed by atoms with Gasteiger partial charge in [-0.25, -0.2) is 0 Å². The van der Waals surface area contributed by atoms with Gasteiger partial charge >= 0.3 is 107 Å². The van der Waals surface area contributed by atoms with Crippen LogP contribution in [-0.2, 0) is 48.3 Å². The van der Waals surface area contributed by atoms with Gasteiger partial charge in [-0.1, -0.05) is 30.3 Å². The minimum absolute atomic E-state index is 0. The summed E-state index contributed by atoms with van der Waals surface area (Å²) in [6.45, 7) is 5.69. The molecule has 8 rings (SSSR count). The Morgan fingerprint density at radius 2 is 0.823 bits per heavy atom. The van der Waals surface area contributed by atoms with Gasteiger partial charge in [0.15, 0.2) is 20.4 Å². The van der Waals surface area contributed by atoms with Crippen molar-refractivity contribution < 1.29 is 108 Å². The fourth-order valence-corrected chi connectivity index (χ4v) is 15.5. The molecule has 0 bridgehead atoms. The van der Waals surface area contributed by atoms with E-state index in [2.05, 4.69) is 36.4 Å². The van der Waals surface area contributed by atoms with E-state index in [4.69, 9.17) is 14.9 Å². The summed E-state index contributed by atoms with van der Waals surface area (Å²) in [4.78, 5) is 16.0. The summed E-state index contributed by atoms with van der Waals surface area (Å²) < 4.78 is 193.